The van der Waals surface area contributed by atoms with Crippen LogP contribution in [0.4, 0.5) is 4.39 Å². The molecule has 0 aliphatic rings. The van der Waals surface area contributed by atoms with Crippen molar-refractivity contribution in [3.63, 3.8) is 0 Å². The largest absolute Gasteiger partial charge is 0.395 e. The highest BCUT2D eigenvalue weighted by Gasteiger charge is 2.30. The van der Waals surface area contributed by atoms with Gasteiger partial charge in [0.15, 0.2) is 0 Å². The number of halogens is 1. The monoisotopic (exact) mass is 296 g/mol. The summed E-state index contributed by atoms with van der Waals surface area (Å²) in [6.07, 6.45) is 9.00. The molecule has 0 fully saturated rings. The molecule has 1 rings (SSSR count). The Balaban J connectivity index is 2.49. The Labute approximate surface area is 128 Å². The van der Waals surface area contributed by atoms with Crippen molar-refractivity contribution in [1.82, 2.24) is 0 Å². The van der Waals surface area contributed by atoms with Gasteiger partial charge in [-0.25, -0.2) is 4.39 Å². The van der Waals surface area contributed by atoms with Crippen LogP contribution in [-0.2, 0) is 5.41 Å². The van der Waals surface area contributed by atoms with E-state index >= 15 is 0 Å². The molecule has 0 amide bonds. The van der Waals surface area contributed by atoms with E-state index in [0.717, 1.165) is 12.8 Å². The van der Waals surface area contributed by atoms with E-state index in [0.29, 0.717) is 12.0 Å². The van der Waals surface area contributed by atoms with Gasteiger partial charge in [0.25, 0.3) is 0 Å². The second-order valence-corrected chi connectivity index (χ2v) is 5.98. The first kappa shape index (κ1) is 18.1. The molecule has 0 saturated carbocycles. The van der Waals surface area contributed by atoms with Crippen molar-refractivity contribution >= 4 is 0 Å². The molecule has 1 aromatic carbocycles. The first-order chi connectivity index (χ1) is 10.2. The van der Waals surface area contributed by atoms with E-state index in [1.54, 1.807) is 12.1 Å². The van der Waals surface area contributed by atoms with E-state index in [4.69, 9.17) is 0 Å². The molecule has 2 N–H and O–H groups in total. The fourth-order valence-corrected chi connectivity index (χ4v) is 2.77. The van der Waals surface area contributed by atoms with Crippen LogP contribution in [0.3, 0.4) is 0 Å². The Hall–Kier alpha value is -0.930. The third kappa shape index (κ3) is 5.76. The number of aliphatic hydroxyl groups is 2. The summed E-state index contributed by atoms with van der Waals surface area (Å²) in [7, 11) is 0. The summed E-state index contributed by atoms with van der Waals surface area (Å²) < 4.78 is 13.4. The molecule has 0 aliphatic carbocycles. The molecule has 2 nitrogen and oxygen atoms in total. The molecule has 0 saturated heterocycles. The average Bonchev–Trinajstić information content (AvgIpc) is 2.51. The van der Waals surface area contributed by atoms with Gasteiger partial charge in [0.1, 0.15) is 5.82 Å². The molecule has 0 atom stereocenters. The predicted molar refractivity (Wildman–Crippen MR) is 84.9 cm³/mol. The van der Waals surface area contributed by atoms with E-state index in [-0.39, 0.29) is 19.0 Å². The molecule has 0 bridgehead atoms. The molecule has 0 aliphatic heterocycles. The SMILES string of the molecule is CCCCCCCCCC(CO)(CO)c1cccc(F)c1. The minimum Gasteiger partial charge on any atom is -0.395 e. The molecule has 0 heterocycles. The van der Waals surface area contributed by atoms with Crippen molar-refractivity contribution in [3.05, 3.63) is 35.6 Å². The molecule has 1 aromatic rings. The number of rotatable bonds is 11. The molecular formula is C18H29FO2. The third-order valence-corrected chi connectivity index (χ3v) is 4.30. The number of unbranched alkanes of at least 4 members (excludes halogenated alkanes) is 6. The summed E-state index contributed by atoms with van der Waals surface area (Å²) in [6, 6.07) is 6.23. The lowest BCUT2D eigenvalue weighted by atomic mass is 9.77. The minimum absolute atomic E-state index is 0.150. The zero-order valence-corrected chi connectivity index (χ0v) is 13.2. The van der Waals surface area contributed by atoms with Crippen molar-refractivity contribution in [2.75, 3.05) is 13.2 Å². The summed E-state index contributed by atoms with van der Waals surface area (Å²) >= 11 is 0. The van der Waals surface area contributed by atoms with Crippen LogP contribution in [0, 0.1) is 5.82 Å². The van der Waals surface area contributed by atoms with Crippen LogP contribution in [0.25, 0.3) is 0 Å². The Morgan fingerprint density at radius 2 is 1.57 bits per heavy atom. The summed E-state index contributed by atoms with van der Waals surface area (Å²) in [5.74, 6) is -0.321. The Bertz CT molecular complexity index is 389. The predicted octanol–water partition coefficient (Wildman–Crippen LogP) is 4.19. The smallest absolute Gasteiger partial charge is 0.123 e. The highest BCUT2D eigenvalue weighted by molar-refractivity contribution is 5.26. The van der Waals surface area contributed by atoms with Gasteiger partial charge in [0.05, 0.1) is 13.2 Å². The third-order valence-electron chi connectivity index (χ3n) is 4.30. The lowest BCUT2D eigenvalue weighted by molar-refractivity contribution is 0.107. The maximum absolute atomic E-state index is 13.4. The zero-order chi connectivity index (χ0) is 15.6. The van der Waals surface area contributed by atoms with Gasteiger partial charge in [-0.15, -0.1) is 0 Å². The standard InChI is InChI=1S/C18H29FO2/c1-2-3-4-5-6-7-8-12-18(14-20,15-21)16-10-9-11-17(19)13-16/h9-11,13,20-21H,2-8,12,14-15H2,1H3. The van der Waals surface area contributed by atoms with Gasteiger partial charge in [-0.05, 0) is 24.1 Å². The van der Waals surface area contributed by atoms with Crippen molar-refractivity contribution in [2.24, 2.45) is 0 Å². The first-order valence-corrected chi connectivity index (χ1v) is 8.16. The number of hydrogen-bond donors (Lipinski definition) is 2. The van der Waals surface area contributed by atoms with Crippen LogP contribution in [0.15, 0.2) is 24.3 Å². The average molecular weight is 296 g/mol. The van der Waals surface area contributed by atoms with Crippen LogP contribution in [0.2, 0.25) is 0 Å². The molecule has 0 radical (unpaired) electrons. The summed E-state index contributed by atoms with van der Waals surface area (Å²) in [6.45, 7) is 1.90. The normalized spacial score (nSPS) is 11.8. The highest BCUT2D eigenvalue weighted by atomic mass is 19.1. The van der Waals surface area contributed by atoms with E-state index in [1.165, 1.54) is 44.2 Å². The van der Waals surface area contributed by atoms with Crippen molar-refractivity contribution in [2.45, 2.75) is 63.7 Å². The van der Waals surface area contributed by atoms with Gasteiger partial charge in [-0.1, -0.05) is 64.0 Å². The lowest BCUT2D eigenvalue weighted by Gasteiger charge is -2.30. The Morgan fingerprint density at radius 1 is 0.952 bits per heavy atom. The fraction of sp³-hybridized carbons (Fsp3) is 0.667. The highest BCUT2D eigenvalue weighted by Crippen LogP contribution is 2.30. The Morgan fingerprint density at radius 3 is 2.14 bits per heavy atom. The number of aliphatic hydroxyl groups excluding tert-OH is 2. The summed E-state index contributed by atoms with van der Waals surface area (Å²) in [4.78, 5) is 0. The number of benzene rings is 1. The van der Waals surface area contributed by atoms with Crippen LogP contribution in [0.1, 0.15) is 63.9 Å². The van der Waals surface area contributed by atoms with Crippen LogP contribution < -0.4 is 0 Å². The van der Waals surface area contributed by atoms with Gasteiger partial charge in [-0.3, -0.25) is 0 Å². The molecule has 3 heteroatoms. The molecule has 0 spiro atoms. The van der Waals surface area contributed by atoms with Crippen LogP contribution in [-0.4, -0.2) is 23.4 Å². The van der Waals surface area contributed by atoms with Gasteiger partial charge < -0.3 is 10.2 Å². The molecule has 120 valence electrons. The maximum Gasteiger partial charge on any atom is 0.123 e. The summed E-state index contributed by atoms with van der Waals surface area (Å²) in [5.41, 5.74) is -0.0237. The minimum atomic E-state index is -0.717. The van der Waals surface area contributed by atoms with Crippen LogP contribution in [0.5, 0.6) is 0 Å². The van der Waals surface area contributed by atoms with E-state index < -0.39 is 5.41 Å². The van der Waals surface area contributed by atoms with E-state index in [9.17, 15) is 14.6 Å². The quantitative estimate of drug-likeness (QED) is 0.601. The van der Waals surface area contributed by atoms with E-state index in [1.807, 2.05) is 0 Å². The van der Waals surface area contributed by atoms with Gasteiger partial charge in [-0.2, -0.15) is 0 Å². The van der Waals surface area contributed by atoms with Crippen molar-refractivity contribution in [3.8, 4) is 0 Å². The molecule has 0 unspecified atom stereocenters. The topological polar surface area (TPSA) is 40.5 Å². The summed E-state index contributed by atoms with van der Waals surface area (Å²) in [5, 5.41) is 19.4. The second-order valence-electron chi connectivity index (χ2n) is 5.98. The van der Waals surface area contributed by atoms with Gasteiger partial charge >= 0.3 is 0 Å². The molecule has 21 heavy (non-hydrogen) atoms. The first-order valence-electron chi connectivity index (χ1n) is 8.16. The van der Waals surface area contributed by atoms with Gasteiger partial charge in [0.2, 0.25) is 0 Å². The van der Waals surface area contributed by atoms with Crippen LogP contribution >= 0.6 is 0 Å². The zero-order valence-electron chi connectivity index (χ0n) is 13.2. The number of hydrogen-bond acceptors (Lipinski definition) is 2. The molecule has 0 aromatic heterocycles. The lowest BCUT2D eigenvalue weighted by Crippen LogP contribution is -2.35. The second kappa shape index (κ2) is 9.91. The fourth-order valence-electron chi connectivity index (χ4n) is 2.77. The van der Waals surface area contributed by atoms with Gasteiger partial charge in [0, 0.05) is 5.41 Å². The maximum atomic E-state index is 13.4. The Kier molecular flexibility index (Phi) is 8.55. The van der Waals surface area contributed by atoms with Crippen molar-refractivity contribution in [1.29, 1.82) is 0 Å². The van der Waals surface area contributed by atoms with E-state index in [2.05, 4.69) is 6.92 Å². The van der Waals surface area contributed by atoms with Crippen molar-refractivity contribution < 1.29 is 14.6 Å². The molecular weight excluding hydrogens is 267 g/mol.